The molecule has 6 nitrogen and oxygen atoms in total. The van der Waals surface area contributed by atoms with Crippen LogP contribution in [0.25, 0.3) is 10.2 Å². The lowest BCUT2D eigenvalue weighted by Gasteiger charge is -2.24. The monoisotopic (exact) mass is 454 g/mol. The average molecular weight is 455 g/mol. The molecule has 1 aliphatic rings. The van der Waals surface area contributed by atoms with Crippen LogP contribution in [0.4, 0.5) is 9.52 Å². The van der Waals surface area contributed by atoms with Crippen molar-refractivity contribution >= 4 is 50.0 Å². The highest BCUT2D eigenvalue weighted by molar-refractivity contribution is 7.22. The molecule has 0 fully saturated rings. The highest BCUT2D eigenvalue weighted by Gasteiger charge is 2.46. The van der Waals surface area contributed by atoms with Crippen molar-refractivity contribution in [2.75, 3.05) is 4.90 Å². The molecule has 2 aromatic carbocycles. The predicted octanol–water partition coefficient (Wildman–Crippen LogP) is 5.46. The zero-order valence-electron chi connectivity index (χ0n) is 15.6. The maximum atomic E-state index is 13.7. The van der Waals surface area contributed by atoms with Crippen LogP contribution in [0, 0.1) is 5.82 Å². The van der Waals surface area contributed by atoms with Gasteiger partial charge in [-0.05, 0) is 48.0 Å². The second-order valence-corrected chi connectivity index (χ2v) is 8.26. The van der Waals surface area contributed by atoms with Gasteiger partial charge in [-0.15, -0.1) is 0 Å². The van der Waals surface area contributed by atoms with Crippen LogP contribution in [0.15, 0.2) is 76.6 Å². The van der Waals surface area contributed by atoms with Gasteiger partial charge in [-0.3, -0.25) is 14.5 Å². The zero-order chi connectivity index (χ0) is 21.7. The first-order valence-electron chi connectivity index (χ1n) is 9.10. The summed E-state index contributed by atoms with van der Waals surface area (Å²) in [6, 6.07) is 12.7. The number of hydrogen-bond donors (Lipinski definition) is 1. The lowest BCUT2D eigenvalue weighted by atomic mass is 9.95. The van der Waals surface area contributed by atoms with Crippen molar-refractivity contribution in [3.8, 4) is 0 Å². The maximum absolute atomic E-state index is 13.7. The average Bonchev–Trinajstić information content (AvgIpc) is 3.46. The van der Waals surface area contributed by atoms with E-state index < -0.39 is 29.3 Å². The highest BCUT2D eigenvalue weighted by atomic mass is 35.5. The summed E-state index contributed by atoms with van der Waals surface area (Å²) in [6.07, 6.45) is 1.33. The number of nitrogens with zero attached hydrogens (tertiary/aromatic N) is 2. The molecule has 1 amide bonds. The molecular weight excluding hydrogens is 443 g/mol. The Hall–Kier alpha value is -3.49. The van der Waals surface area contributed by atoms with E-state index >= 15 is 0 Å². The number of halogens is 2. The Morgan fingerprint density at radius 1 is 1.19 bits per heavy atom. The maximum Gasteiger partial charge on any atom is 0.296 e. The summed E-state index contributed by atoms with van der Waals surface area (Å²) >= 11 is 7.23. The largest absolute Gasteiger partial charge is 0.503 e. The number of carbonyl (C=O) groups excluding carboxylic acids is 2. The summed E-state index contributed by atoms with van der Waals surface area (Å²) in [5.41, 5.74) is 0.849. The number of benzene rings is 2. The Bertz CT molecular complexity index is 1380. The molecule has 4 aromatic rings. The van der Waals surface area contributed by atoms with Crippen LogP contribution in [0.2, 0.25) is 5.02 Å². The van der Waals surface area contributed by atoms with E-state index in [1.165, 1.54) is 41.5 Å². The molecule has 1 aliphatic heterocycles. The van der Waals surface area contributed by atoms with Crippen molar-refractivity contribution in [3.63, 3.8) is 0 Å². The fourth-order valence-electron chi connectivity index (χ4n) is 3.56. The van der Waals surface area contributed by atoms with E-state index in [-0.39, 0.29) is 16.5 Å². The third kappa shape index (κ3) is 3.20. The number of rotatable bonds is 4. The first kappa shape index (κ1) is 19.5. The molecule has 154 valence electrons. The summed E-state index contributed by atoms with van der Waals surface area (Å²) < 4.78 is 19.4. The van der Waals surface area contributed by atoms with E-state index in [9.17, 15) is 19.1 Å². The van der Waals surface area contributed by atoms with Gasteiger partial charge in [-0.2, -0.15) is 0 Å². The standard InChI is InChI=1S/C22H12ClFN2O4S/c23-12-4-1-3-11(9-12)18-17(19(27)15-5-2-8-30-15)20(28)21(29)26(18)22-25-14-7-6-13(24)10-16(14)31-22/h1-10,18,28H/t18-/m0/s1. The van der Waals surface area contributed by atoms with E-state index in [0.29, 0.717) is 20.8 Å². The summed E-state index contributed by atoms with van der Waals surface area (Å²) in [7, 11) is 0. The van der Waals surface area contributed by atoms with Crippen LogP contribution < -0.4 is 4.90 Å². The molecule has 2 aromatic heterocycles. The number of Topliss-reactive ketones (excluding diaryl/α,β-unsaturated/α-hetero) is 1. The molecular formula is C22H12ClFN2O4S. The Morgan fingerprint density at radius 3 is 2.77 bits per heavy atom. The second-order valence-electron chi connectivity index (χ2n) is 6.81. The minimum atomic E-state index is -0.991. The van der Waals surface area contributed by atoms with Crippen LogP contribution in [0.1, 0.15) is 22.2 Å². The van der Waals surface area contributed by atoms with Gasteiger partial charge in [-0.1, -0.05) is 35.1 Å². The molecule has 5 rings (SSSR count). The van der Waals surface area contributed by atoms with E-state index in [1.807, 2.05) is 0 Å². The molecule has 0 aliphatic carbocycles. The van der Waals surface area contributed by atoms with Crippen molar-refractivity contribution < 1.29 is 23.5 Å². The number of aliphatic hydroxyl groups is 1. The lowest BCUT2D eigenvalue weighted by molar-refractivity contribution is -0.117. The van der Waals surface area contributed by atoms with Gasteiger partial charge in [0.15, 0.2) is 16.7 Å². The predicted molar refractivity (Wildman–Crippen MR) is 114 cm³/mol. The molecule has 0 radical (unpaired) electrons. The molecule has 0 unspecified atom stereocenters. The van der Waals surface area contributed by atoms with Gasteiger partial charge in [0.1, 0.15) is 5.82 Å². The fraction of sp³-hybridized carbons (Fsp3) is 0.0455. The smallest absolute Gasteiger partial charge is 0.296 e. The molecule has 3 heterocycles. The number of ketones is 1. The van der Waals surface area contributed by atoms with Gasteiger partial charge >= 0.3 is 0 Å². The first-order chi connectivity index (χ1) is 14.9. The Morgan fingerprint density at radius 2 is 2.03 bits per heavy atom. The molecule has 1 N–H and O–H groups in total. The fourth-order valence-corrected chi connectivity index (χ4v) is 4.77. The number of carbonyl (C=O) groups is 2. The number of furan rings is 1. The molecule has 0 bridgehead atoms. The van der Waals surface area contributed by atoms with Crippen molar-refractivity contribution in [2.45, 2.75) is 6.04 Å². The minimum Gasteiger partial charge on any atom is -0.503 e. The van der Waals surface area contributed by atoms with E-state index in [2.05, 4.69) is 4.98 Å². The second kappa shape index (κ2) is 7.33. The Balaban J connectivity index is 1.70. The number of fused-ring (bicyclic) bond motifs is 1. The SMILES string of the molecule is O=C(C1=C(O)C(=O)N(c2nc3ccc(F)cc3s2)[C@H]1c1cccc(Cl)c1)c1ccco1. The molecule has 31 heavy (non-hydrogen) atoms. The van der Waals surface area contributed by atoms with Gasteiger partial charge in [0.25, 0.3) is 5.91 Å². The molecule has 9 heteroatoms. The Labute approximate surface area is 183 Å². The number of aromatic nitrogens is 1. The van der Waals surface area contributed by atoms with Crippen molar-refractivity contribution in [1.29, 1.82) is 0 Å². The van der Waals surface area contributed by atoms with Crippen LogP contribution in [-0.2, 0) is 4.79 Å². The number of thiazole rings is 1. The number of anilines is 1. The highest BCUT2D eigenvalue weighted by Crippen LogP contribution is 2.44. The molecule has 1 atom stereocenters. The Kier molecular flexibility index (Phi) is 4.60. The molecule has 0 saturated carbocycles. The van der Waals surface area contributed by atoms with Gasteiger partial charge in [-0.25, -0.2) is 9.37 Å². The van der Waals surface area contributed by atoms with Crippen molar-refractivity contribution in [2.24, 2.45) is 0 Å². The molecule has 0 spiro atoms. The van der Waals surface area contributed by atoms with Gasteiger partial charge in [0.2, 0.25) is 5.78 Å². The lowest BCUT2D eigenvalue weighted by Crippen LogP contribution is -2.30. The topological polar surface area (TPSA) is 83.6 Å². The number of hydrogen-bond acceptors (Lipinski definition) is 6. The normalized spacial score (nSPS) is 16.5. The third-order valence-corrected chi connectivity index (χ3v) is 6.16. The quantitative estimate of drug-likeness (QED) is 0.414. The molecule has 0 saturated heterocycles. The van der Waals surface area contributed by atoms with E-state index in [4.69, 9.17) is 16.0 Å². The summed E-state index contributed by atoms with van der Waals surface area (Å²) in [5, 5.41) is 11.3. The van der Waals surface area contributed by atoms with Crippen LogP contribution >= 0.6 is 22.9 Å². The van der Waals surface area contributed by atoms with Gasteiger partial charge in [0, 0.05) is 5.02 Å². The van der Waals surface area contributed by atoms with Gasteiger partial charge in [0.05, 0.1) is 28.1 Å². The van der Waals surface area contributed by atoms with Crippen LogP contribution in [0.5, 0.6) is 0 Å². The third-order valence-electron chi connectivity index (χ3n) is 4.91. The van der Waals surface area contributed by atoms with E-state index in [0.717, 1.165) is 11.3 Å². The summed E-state index contributed by atoms with van der Waals surface area (Å²) in [4.78, 5) is 31.9. The van der Waals surface area contributed by atoms with Crippen molar-refractivity contribution in [3.05, 3.63) is 94.4 Å². The minimum absolute atomic E-state index is 0.0189. The zero-order valence-corrected chi connectivity index (χ0v) is 17.2. The summed E-state index contributed by atoms with van der Waals surface area (Å²) in [6.45, 7) is 0. The summed E-state index contributed by atoms with van der Waals surface area (Å²) in [5.74, 6) is -2.57. The number of aliphatic hydroxyl groups excluding tert-OH is 1. The van der Waals surface area contributed by atoms with Crippen molar-refractivity contribution in [1.82, 2.24) is 4.98 Å². The van der Waals surface area contributed by atoms with Crippen LogP contribution in [-0.4, -0.2) is 21.8 Å². The van der Waals surface area contributed by atoms with E-state index in [1.54, 1.807) is 24.3 Å². The van der Waals surface area contributed by atoms with Gasteiger partial charge < -0.3 is 9.52 Å². The number of amides is 1. The first-order valence-corrected chi connectivity index (χ1v) is 10.3. The van der Waals surface area contributed by atoms with Crippen LogP contribution in [0.3, 0.4) is 0 Å².